The van der Waals surface area contributed by atoms with Crippen LogP contribution in [0, 0.1) is 29.6 Å². The largest absolute Gasteiger partial charge is 1.00 e. The van der Waals surface area contributed by atoms with Gasteiger partial charge < -0.3 is 78.2 Å². The Morgan fingerprint density at radius 2 is 0.722 bits per heavy atom. The van der Waals surface area contributed by atoms with E-state index in [-0.39, 0.29) is 216 Å². The average Bonchev–Trinajstić information content (AvgIpc) is 1.35. The molecule has 6 atom stereocenters. The topological polar surface area (TPSA) is 290 Å². The molecule has 0 amide bonds. The molecule has 97 heavy (non-hydrogen) atoms. The predicted molar refractivity (Wildman–Crippen MR) is 385 cm³/mol. The number of aliphatic carboxylic acids is 6. The van der Waals surface area contributed by atoms with Gasteiger partial charge in [-0.25, -0.2) is 9.59 Å². The first-order valence-corrected chi connectivity index (χ1v) is 27.9. The summed E-state index contributed by atoms with van der Waals surface area (Å²) >= 11 is 22.8. The smallest absolute Gasteiger partial charge is 0.546 e. The van der Waals surface area contributed by atoms with Crippen molar-refractivity contribution >= 4 is 163 Å². The molecule has 0 aromatic heterocycles. The molecule has 6 rings (SSSR count). The second-order valence-corrected chi connectivity index (χ2v) is 19.8. The molecule has 0 heterocycles. The van der Waals surface area contributed by atoms with Gasteiger partial charge in [0.25, 0.3) is 0 Å². The van der Waals surface area contributed by atoms with Crippen LogP contribution in [0.15, 0.2) is 140 Å². The number of carbonyl (C=O) groups is 6. The van der Waals surface area contributed by atoms with Crippen molar-refractivity contribution in [2.24, 2.45) is 5.92 Å². The zero-order chi connectivity index (χ0) is 65.8. The summed E-state index contributed by atoms with van der Waals surface area (Å²) in [6.07, 6.45) is -4.17. The van der Waals surface area contributed by atoms with Gasteiger partial charge in [0, 0.05) is 26.2 Å². The molecular weight excluding hydrogens is 1490 g/mol. The molecule has 0 unspecified atom stereocenters. The van der Waals surface area contributed by atoms with E-state index in [0.717, 1.165) is 17.5 Å². The van der Waals surface area contributed by atoms with Gasteiger partial charge in [-0.15, -0.1) is 11.8 Å². The van der Waals surface area contributed by atoms with Gasteiger partial charge in [0.15, 0.2) is 12.2 Å². The van der Waals surface area contributed by atoms with Crippen molar-refractivity contribution in [2.75, 3.05) is 0 Å². The molecule has 0 bridgehead atoms. The van der Waals surface area contributed by atoms with Crippen LogP contribution in [0.1, 0.15) is 92.3 Å². The maximum atomic E-state index is 10.8. The molecule has 0 aliphatic rings. The van der Waals surface area contributed by atoms with Gasteiger partial charge in [-0.3, -0.25) is 0 Å². The maximum Gasteiger partial charge on any atom is 1.00 e. The van der Waals surface area contributed by atoms with Crippen LogP contribution in [0.3, 0.4) is 0 Å². The molecule has 0 saturated heterocycles. The fourth-order valence-corrected chi connectivity index (χ4v) is 6.69. The van der Waals surface area contributed by atoms with E-state index in [1.165, 1.54) is 45.4 Å². The van der Waals surface area contributed by atoms with Gasteiger partial charge in [0.1, 0.15) is 58.9 Å². The molecule has 2 N–H and O–H groups in total. The number of benzene rings is 6. The number of carboxylic acid groups (broad SMARTS) is 6. The first-order chi connectivity index (χ1) is 41.0. The van der Waals surface area contributed by atoms with Crippen molar-refractivity contribution in [1.29, 1.82) is 0 Å². The summed E-state index contributed by atoms with van der Waals surface area (Å²) < 4.78 is 30.9. The minimum absolute atomic E-state index is 0. The third-order valence-electron chi connectivity index (χ3n) is 10.7. The van der Waals surface area contributed by atoms with Gasteiger partial charge in [-0.05, 0) is 193 Å². The van der Waals surface area contributed by atoms with Gasteiger partial charge >= 0.3 is 130 Å². The Hall–Kier alpha value is -2.68. The third kappa shape index (κ3) is 52.0. The number of aryl methyl sites for hydroxylation is 1. The summed E-state index contributed by atoms with van der Waals surface area (Å²) in [5, 5.41) is 61.2. The Morgan fingerprint density at radius 1 is 0.412 bits per heavy atom. The van der Waals surface area contributed by atoms with Crippen LogP contribution >= 0.6 is 127 Å². The number of ether oxygens (including phenoxy) is 6. The van der Waals surface area contributed by atoms with Crippen LogP contribution in [-0.2, 0) is 35.2 Å². The van der Waals surface area contributed by atoms with Gasteiger partial charge in [-0.1, -0.05) is 98.1 Å². The molecular formula is C65H78Cl4Na4O18S6. The molecule has 6 aromatic rings. The third-order valence-corrected chi connectivity index (χ3v) is 11.7. The number of halogens is 4. The number of rotatable bonds is 21. The van der Waals surface area contributed by atoms with E-state index in [1.807, 2.05) is 12.1 Å². The van der Waals surface area contributed by atoms with Crippen molar-refractivity contribution in [3.05, 3.63) is 176 Å². The summed E-state index contributed by atoms with van der Waals surface area (Å²) in [5.74, 6) is 7.16. The van der Waals surface area contributed by atoms with E-state index < -0.39 is 72.4 Å². The maximum absolute atomic E-state index is 10.8. The standard InChI is InChI=1S/2C12H12O3.C11H13ClO3.C11H14O3.C10H11ClO3.C9H8Cl2O3.4Na.6H2S/c2*1-3-4-10-5-7-11(8-6-10)15-9(2)12(13)14;1-7(2)10(11(13)14)15-9-5-3-8(12)4-6-9;1-3-9-4-6-10(7-5-9)14-8(2)11(12)13;1-2-9(10(12)13)14-8-5-3-7(11)4-6-8;1-5(9(12)13)14-8-3-2-6(10)4-7(8)11;;;;;;;;;;/h2*5-9H,1-2H3,(H,13,14);3-7,10H,1-2H3,(H,13,14);4-8H,3H2,1-2H3,(H,12,13);3-6,9H,2H2,1H3,(H,12,13);2-5H,1H3,(H,12,13);;;;;6*1H2/q;;;;;;4*+1;;;;;;/p-4/t2*9-;10-;8-;9-;5-;;;;;;;;;;/m000000........../s1. The van der Waals surface area contributed by atoms with Crippen LogP contribution in [0.2, 0.25) is 20.1 Å². The van der Waals surface area contributed by atoms with E-state index in [2.05, 4.69) is 30.6 Å². The summed E-state index contributed by atoms with van der Waals surface area (Å²) in [7, 11) is 0. The molecule has 32 heteroatoms. The number of hydrogen-bond acceptors (Lipinski definition) is 16. The Balaban J connectivity index is -0.000000115. The van der Waals surface area contributed by atoms with Crippen LogP contribution in [0.25, 0.3) is 0 Å². The fourth-order valence-electron chi connectivity index (χ4n) is 5.99. The number of carbonyl (C=O) groups excluding carboxylic acids is 4. The van der Waals surface area contributed by atoms with E-state index in [4.69, 9.17) is 85.0 Å². The van der Waals surface area contributed by atoms with Crippen LogP contribution in [0.5, 0.6) is 34.5 Å². The summed E-state index contributed by atoms with van der Waals surface area (Å²) in [4.78, 5) is 63.1. The van der Waals surface area contributed by atoms with Crippen LogP contribution in [0.4, 0.5) is 0 Å². The summed E-state index contributed by atoms with van der Waals surface area (Å²) in [5.41, 5.74) is 2.96. The summed E-state index contributed by atoms with van der Waals surface area (Å²) in [6.45, 7) is 16.6. The minimum atomic E-state index is -1.30. The molecule has 0 spiro atoms. The second kappa shape index (κ2) is 65.4. The molecule has 514 valence electrons. The molecule has 0 fully saturated rings. The van der Waals surface area contributed by atoms with Crippen LogP contribution in [-0.4, -0.2) is 82.7 Å². The van der Waals surface area contributed by atoms with Crippen LogP contribution < -0.4 is 167 Å². The molecule has 6 aromatic carbocycles. The number of hydrogen-bond donors (Lipinski definition) is 2. The first-order valence-electron chi connectivity index (χ1n) is 26.4. The molecule has 0 radical (unpaired) electrons. The number of carboxylic acids is 6. The molecule has 0 aliphatic heterocycles. The zero-order valence-electron chi connectivity index (χ0n) is 56.2. The Bertz CT molecular complexity index is 3180. The van der Waals surface area contributed by atoms with Crippen molar-refractivity contribution in [1.82, 2.24) is 0 Å². The van der Waals surface area contributed by atoms with Crippen molar-refractivity contribution in [3.8, 4) is 58.2 Å². The van der Waals surface area contributed by atoms with E-state index >= 15 is 0 Å². The summed E-state index contributed by atoms with van der Waals surface area (Å²) in [6, 6.07) is 38.9. The second-order valence-electron chi connectivity index (χ2n) is 18.1. The Labute approximate surface area is 719 Å². The van der Waals surface area contributed by atoms with Gasteiger partial charge in [0.05, 0.1) is 28.9 Å². The van der Waals surface area contributed by atoms with Crippen molar-refractivity contribution < 1.29 is 206 Å². The first kappa shape index (κ1) is 116. The zero-order valence-corrected chi connectivity index (χ0v) is 73.2. The van der Waals surface area contributed by atoms with E-state index in [0.29, 0.717) is 50.2 Å². The monoisotopic (exact) mass is 1570 g/mol. The normalized spacial score (nSPS) is 10.6. The predicted octanol–water partition coefficient (Wildman–Crippen LogP) is -2.47. The van der Waals surface area contributed by atoms with Gasteiger partial charge in [0.2, 0.25) is 0 Å². The molecule has 18 nitrogen and oxygen atoms in total. The van der Waals surface area contributed by atoms with Crippen molar-refractivity contribution in [2.45, 2.75) is 119 Å². The minimum Gasteiger partial charge on any atom is -0.546 e. The molecule has 0 aliphatic carbocycles. The molecule has 0 saturated carbocycles. The quantitative estimate of drug-likeness (QED) is 0.0558. The van der Waals surface area contributed by atoms with E-state index in [9.17, 15) is 49.2 Å². The average molecular weight is 1570 g/mol. The van der Waals surface area contributed by atoms with Gasteiger partial charge in [-0.2, -0.15) is 81.0 Å². The van der Waals surface area contributed by atoms with E-state index in [1.54, 1.807) is 150 Å². The van der Waals surface area contributed by atoms with Crippen molar-refractivity contribution in [3.63, 3.8) is 0 Å². The Morgan fingerprint density at radius 3 is 1.01 bits per heavy atom. The SMILES string of the molecule is CC#Cc1ccc(O[C@@H](C)C(=O)O)cc1.CC#Cc1ccc(O[C@@H](C)C(=O)O)cc1.CC(C)[C@H](Oc1ccc(Cl)cc1)C(=O)[O-].CC[C@H](Oc1ccc(Cl)cc1)C(=O)[O-].CCc1ccc(O[C@@H](C)C(=O)[O-])cc1.C[C@H](Oc1ccc(Cl)cc1Cl)C(=O)[O-].S.S.S.S.S.S.[Na+].[Na+].[Na+].[Na+]. The fraction of sp³-hybridized carbons (Fsp3) is 0.292. The Kier molecular flexibility index (Phi) is 77.8.